The first kappa shape index (κ1) is 22.8. The van der Waals surface area contributed by atoms with Gasteiger partial charge in [0.2, 0.25) is 0 Å². The van der Waals surface area contributed by atoms with Crippen LogP contribution in [0, 0.1) is 0 Å². The number of nitrogens with one attached hydrogen (secondary N) is 1. The SMILES string of the molecule is CCOc1cc(/C=C2/C(=O)NC(=O)N(c3ccc(Cl)cc3)C2=O)ccc1OC(C)C(=O)O. The summed E-state index contributed by atoms with van der Waals surface area (Å²) in [5.74, 6) is -2.36. The number of carboxylic acid groups (broad SMARTS) is 1. The lowest BCUT2D eigenvalue weighted by Gasteiger charge is -2.26. The Kier molecular flexibility index (Phi) is 6.79. The van der Waals surface area contributed by atoms with Crippen LogP contribution in [-0.4, -0.2) is 41.6 Å². The number of hydrogen-bond donors (Lipinski definition) is 2. The number of anilines is 1. The second-order valence-electron chi connectivity index (χ2n) is 6.67. The molecule has 9 nitrogen and oxygen atoms in total. The molecule has 1 atom stereocenters. The summed E-state index contributed by atoms with van der Waals surface area (Å²) in [7, 11) is 0. The number of rotatable bonds is 7. The Morgan fingerprint density at radius 1 is 1.16 bits per heavy atom. The maximum atomic E-state index is 13.0. The van der Waals surface area contributed by atoms with Gasteiger partial charge in [-0.25, -0.2) is 14.5 Å². The van der Waals surface area contributed by atoms with Gasteiger partial charge < -0.3 is 14.6 Å². The van der Waals surface area contributed by atoms with Crippen LogP contribution in [0.5, 0.6) is 11.5 Å². The van der Waals surface area contributed by atoms with Crippen molar-refractivity contribution in [2.24, 2.45) is 0 Å². The van der Waals surface area contributed by atoms with Crippen molar-refractivity contribution in [2.75, 3.05) is 11.5 Å². The first-order valence-corrected chi connectivity index (χ1v) is 9.92. The summed E-state index contributed by atoms with van der Waals surface area (Å²) in [6, 6.07) is 9.63. The number of urea groups is 1. The Morgan fingerprint density at radius 3 is 2.47 bits per heavy atom. The van der Waals surface area contributed by atoms with Crippen LogP contribution >= 0.6 is 11.6 Å². The van der Waals surface area contributed by atoms with Gasteiger partial charge in [-0.05, 0) is 61.9 Å². The van der Waals surface area contributed by atoms with Crippen LogP contribution in [0.1, 0.15) is 19.4 Å². The number of carbonyl (C=O) groups excluding carboxylic acids is 3. The maximum absolute atomic E-state index is 13.0. The molecule has 0 spiro atoms. The van der Waals surface area contributed by atoms with Gasteiger partial charge >= 0.3 is 12.0 Å². The van der Waals surface area contributed by atoms with Crippen molar-refractivity contribution in [3.05, 3.63) is 58.6 Å². The number of carboxylic acids is 1. The molecule has 10 heteroatoms. The Bertz CT molecular complexity index is 1110. The second-order valence-corrected chi connectivity index (χ2v) is 7.11. The van der Waals surface area contributed by atoms with Gasteiger partial charge in [0.25, 0.3) is 11.8 Å². The fourth-order valence-corrected chi connectivity index (χ4v) is 3.00. The summed E-state index contributed by atoms with van der Waals surface area (Å²) in [5.41, 5.74) is 0.388. The lowest BCUT2D eigenvalue weighted by molar-refractivity contribution is -0.144. The molecule has 1 saturated heterocycles. The van der Waals surface area contributed by atoms with Gasteiger partial charge in [0.1, 0.15) is 5.57 Å². The van der Waals surface area contributed by atoms with Crippen molar-refractivity contribution >= 4 is 47.2 Å². The molecule has 1 heterocycles. The molecule has 0 aliphatic carbocycles. The van der Waals surface area contributed by atoms with Crippen molar-refractivity contribution in [1.29, 1.82) is 0 Å². The van der Waals surface area contributed by atoms with Crippen molar-refractivity contribution in [3.63, 3.8) is 0 Å². The highest BCUT2D eigenvalue weighted by atomic mass is 35.5. The molecule has 1 aliphatic heterocycles. The van der Waals surface area contributed by atoms with E-state index >= 15 is 0 Å². The molecular weight excluding hydrogens is 440 g/mol. The van der Waals surface area contributed by atoms with Crippen molar-refractivity contribution in [1.82, 2.24) is 5.32 Å². The van der Waals surface area contributed by atoms with Crippen LogP contribution in [0.25, 0.3) is 6.08 Å². The molecule has 1 fully saturated rings. The Morgan fingerprint density at radius 2 is 1.84 bits per heavy atom. The van der Waals surface area contributed by atoms with E-state index in [1.165, 1.54) is 55.5 Å². The molecule has 166 valence electrons. The first-order valence-electron chi connectivity index (χ1n) is 9.54. The van der Waals surface area contributed by atoms with Gasteiger partial charge in [-0.2, -0.15) is 0 Å². The molecule has 1 unspecified atom stereocenters. The molecule has 0 saturated carbocycles. The molecule has 0 bridgehead atoms. The van der Waals surface area contributed by atoms with Gasteiger partial charge in [-0.15, -0.1) is 0 Å². The molecule has 4 amide bonds. The quantitative estimate of drug-likeness (QED) is 0.482. The van der Waals surface area contributed by atoms with Crippen LogP contribution in [0.3, 0.4) is 0 Å². The van der Waals surface area contributed by atoms with E-state index in [1.807, 2.05) is 0 Å². The number of nitrogens with zero attached hydrogens (tertiary/aromatic N) is 1. The van der Waals surface area contributed by atoms with Gasteiger partial charge in [0.15, 0.2) is 17.6 Å². The highest BCUT2D eigenvalue weighted by Gasteiger charge is 2.36. The topological polar surface area (TPSA) is 122 Å². The van der Waals surface area contributed by atoms with Gasteiger partial charge in [-0.3, -0.25) is 14.9 Å². The minimum absolute atomic E-state index is 0.196. The molecule has 0 aromatic heterocycles. The van der Waals surface area contributed by atoms with Crippen molar-refractivity contribution in [2.45, 2.75) is 20.0 Å². The van der Waals surface area contributed by atoms with Crippen LogP contribution in [0.2, 0.25) is 5.02 Å². The van der Waals surface area contributed by atoms with Crippen molar-refractivity contribution in [3.8, 4) is 11.5 Å². The average Bonchev–Trinajstić information content (AvgIpc) is 2.74. The monoisotopic (exact) mass is 458 g/mol. The van der Waals surface area contributed by atoms with Crippen molar-refractivity contribution < 1.29 is 33.8 Å². The summed E-state index contributed by atoms with van der Waals surface area (Å²) in [6.07, 6.45) is 0.197. The first-order chi connectivity index (χ1) is 15.2. The molecule has 2 N–H and O–H groups in total. The average molecular weight is 459 g/mol. The van der Waals surface area contributed by atoms with E-state index in [0.717, 1.165) is 4.90 Å². The van der Waals surface area contributed by atoms with E-state index in [2.05, 4.69) is 5.32 Å². The molecule has 3 rings (SSSR count). The van der Waals surface area contributed by atoms with Crippen LogP contribution in [-0.2, 0) is 14.4 Å². The third-order valence-electron chi connectivity index (χ3n) is 4.42. The molecule has 0 radical (unpaired) electrons. The highest BCUT2D eigenvalue weighted by Crippen LogP contribution is 2.31. The van der Waals surface area contributed by atoms with Crippen LogP contribution in [0.15, 0.2) is 48.0 Å². The van der Waals surface area contributed by atoms with E-state index < -0.39 is 29.9 Å². The van der Waals surface area contributed by atoms with E-state index in [0.29, 0.717) is 10.6 Å². The highest BCUT2D eigenvalue weighted by molar-refractivity contribution is 6.39. The largest absolute Gasteiger partial charge is 0.490 e. The van der Waals surface area contributed by atoms with Crippen LogP contribution in [0.4, 0.5) is 10.5 Å². The van der Waals surface area contributed by atoms with Gasteiger partial charge in [-0.1, -0.05) is 17.7 Å². The normalized spacial score (nSPS) is 16.0. The predicted octanol–water partition coefficient (Wildman–Crippen LogP) is 3.26. The zero-order valence-electron chi connectivity index (χ0n) is 17.1. The number of aliphatic carboxylic acids is 1. The number of carbonyl (C=O) groups is 4. The lowest BCUT2D eigenvalue weighted by Crippen LogP contribution is -2.54. The minimum atomic E-state index is -1.14. The Labute approximate surface area is 188 Å². The summed E-state index contributed by atoms with van der Waals surface area (Å²) >= 11 is 5.86. The number of imide groups is 2. The van der Waals surface area contributed by atoms with Crippen LogP contribution < -0.4 is 19.7 Å². The fraction of sp³-hybridized carbons (Fsp3) is 0.182. The maximum Gasteiger partial charge on any atom is 0.344 e. The summed E-state index contributed by atoms with van der Waals surface area (Å²) < 4.78 is 10.9. The number of benzene rings is 2. The third-order valence-corrected chi connectivity index (χ3v) is 4.67. The fourth-order valence-electron chi connectivity index (χ4n) is 2.87. The standard InChI is InChI=1S/C22H19ClN2O7/c1-3-31-18-11-13(4-9-17(18)32-12(2)21(28)29)10-16-19(26)24-22(30)25(20(16)27)15-7-5-14(23)6-8-15/h4-12H,3H2,1-2H3,(H,28,29)(H,24,26,30)/b16-10-. The summed E-state index contributed by atoms with van der Waals surface area (Å²) in [4.78, 5) is 49.5. The zero-order chi connectivity index (χ0) is 23.4. The summed E-state index contributed by atoms with van der Waals surface area (Å²) in [5, 5.41) is 11.6. The third kappa shape index (κ3) is 4.89. The van der Waals surface area contributed by atoms with E-state index in [-0.39, 0.29) is 29.4 Å². The lowest BCUT2D eigenvalue weighted by atomic mass is 10.1. The Hall–Kier alpha value is -3.85. The smallest absolute Gasteiger partial charge is 0.344 e. The molecular formula is C22H19ClN2O7. The molecule has 2 aromatic rings. The number of barbiturate groups is 1. The van der Waals surface area contributed by atoms with E-state index in [1.54, 1.807) is 6.92 Å². The number of ether oxygens (including phenoxy) is 2. The second kappa shape index (κ2) is 9.52. The zero-order valence-corrected chi connectivity index (χ0v) is 17.9. The predicted molar refractivity (Wildman–Crippen MR) is 116 cm³/mol. The number of hydrogen-bond acceptors (Lipinski definition) is 6. The van der Waals surface area contributed by atoms with Gasteiger partial charge in [0.05, 0.1) is 12.3 Å². The summed E-state index contributed by atoms with van der Waals surface area (Å²) in [6.45, 7) is 3.39. The number of halogens is 1. The molecule has 32 heavy (non-hydrogen) atoms. The van der Waals surface area contributed by atoms with E-state index in [9.17, 15) is 19.2 Å². The Balaban J connectivity index is 1.96. The van der Waals surface area contributed by atoms with Gasteiger partial charge in [0, 0.05) is 5.02 Å². The minimum Gasteiger partial charge on any atom is -0.490 e. The molecule has 1 aliphatic rings. The van der Waals surface area contributed by atoms with E-state index in [4.69, 9.17) is 26.2 Å². The number of amides is 4. The molecule has 2 aromatic carbocycles.